The lowest BCUT2D eigenvalue weighted by atomic mass is 10.2. The largest absolute Gasteiger partial charge is 0.493 e. The fourth-order valence-corrected chi connectivity index (χ4v) is 2.59. The molecule has 0 saturated heterocycles. The second-order valence-electron chi connectivity index (χ2n) is 5.56. The number of hydrogen-bond donors (Lipinski definition) is 2. The molecular formula is C19H19Cl2N3O5. The van der Waals surface area contributed by atoms with Crippen LogP contribution < -0.4 is 25.0 Å². The highest BCUT2D eigenvalue weighted by Gasteiger charge is 2.13. The molecule has 0 radical (unpaired) electrons. The van der Waals surface area contributed by atoms with Crippen molar-refractivity contribution in [2.24, 2.45) is 5.10 Å². The van der Waals surface area contributed by atoms with Gasteiger partial charge < -0.3 is 19.5 Å². The lowest BCUT2D eigenvalue weighted by Crippen LogP contribution is -2.34. The molecule has 0 bridgehead atoms. The Morgan fingerprint density at radius 3 is 2.21 bits per heavy atom. The molecule has 10 heteroatoms. The molecule has 0 atom stereocenters. The molecule has 2 aromatic rings. The number of carbonyl (C=O) groups excluding carboxylic acids is 2. The van der Waals surface area contributed by atoms with Gasteiger partial charge in [0, 0.05) is 11.1 Å². The molecule has 0 unspecified atom stereocenters. The van der Waals surface area contributed by atoms with E-state index in [0.29, 0.717) is 27.8 Å². The molecular weight excluding hydrogens is 421 g/mol. The zero-order valence-corrected chi connectivity index (χ0v) is 17.4. The van der Waals surface area contributed by atoms with E-state index in [2.05, 4.69) is 15.8 Å². The molecule has 0 fully saturated rings. The van der Waals surface area contributed by atoms with E-state index in [9.17, 15) is 9.59 Å². The van der Waals surface area contributed by atoms with E-state index < -0.39 is 11.8 Å². The van der Waals surface area contributed by atoms with Crippen LogP contribution in [0.4, 0.5) is 0 Å². The van der Waals surface area contributed by atoms with Gasteiger partial charge in [0.15, 0.2) is 11.5 Å². The maximum atomic E-state index is 12.0. The molecule has 0 aliphatic rings. The van der Waals surface area contributed by atoms with Crippen LogP contribution in [-0.2, 0) is 4.79 Å². The lowest BCUT2D eigenvalue weighted by molar-refractivity contribution is -0.120. The van der Waals surface area contributed by atoms with E-state index in [1.807, 2.05) is 0 Å². The summed E-state index contributed by atoms with van der Waals surface area (Å²) >= 11 is 11.7. The Hall–Kier alpha value is -2.97. The minimum Gasteiger partial charge on any atom is -0.493 e. The maximum absolute atomic E-state index is 12.0. The fourth-order valence-electron chi connectivity index (χ4n) is 2.29. The summed E-state index contributed by atoms with van der Waals surface area (Å²) in [6.45, 7) is -0.272. The van der Waals surface area contributed by atoms with E-state index in [4.69, 9.17) is 37.4 Å². The first-order valence-corrected chi connectivity index (χ1v) is 9.00. The Balaban J connectivity index is 1.94. The van der Waals surface area contributed by atoms with Crippen molar-refractivity contribution in [3.05, 3.63) is 51.5 Å². The summed E-state index contributed by atoms with van der Waals surface area (Å²) in [7, 11) is 4.49. The van der Waals surface area contributed by atoms with Gasteiger partial charge >= 0.3 is 0 Å². The van der Waals surface area contributed by atoms with Gasteiger partial charge in [-0.3, -0.25) is 9.59 Å². The summed E-state index contributed by atoms with van der Waals surface area (Å²) in [5.74, 6) is 0.373. The van der Waals surface area contributed by atoms with Crippen LogP contribution in [0.5, 0.6) is 17.2 Å². The first-order chi connectivity index (χ1) is 13.9. The quantitative estimate of drug-likeness (QED) is 0.486. The number of nitrogens with one attached hydrogen (secondary N) is 2. The van der Waals surface area contributed by atoms with Crippen LogP contribution in [0.2, 0.25) is 10.0 Å². The van der Waals surface area contributed by atoms with Gasteiger partial charge in [0.1, 0.15) is 0 Å². The van der Waals surface area contributed by atoms with Gasteiger partial charge in [-0.2, -0.15) is 5.10 Å². The Labute approximate surface area is 177 Å². The van der Waals surface area contributed by atoms with E-state index in [-0.39, 0.29) is 17.1 Å². The van der Waals surface area contributed by atoms with Crippen LogP contribution in [0.15, 0.2) is 35.4 Å². The molecule has 0 saturated carbocycles. The molecule has 29 heavy (non-hydrogen) atoms. The Bertz CT molecular complexity index is 909. The number of rotatable bonds is 8. The minimum atomic E-state index is -0.512. The second-order valence-corrected chi connectivity index (χ2v) is 6.38. The van der Waals surface area contributed by atoms with Crippen LogP contribution in [0.1, 0.15) is 15.9 Å². The molecule has 2 amide bonds. The zero-order valence-electron chi connectivity index (χ0n) is 15.9. The smallest absolute Gasteiger partial charge is 0.259 e. The van der Waals surface area contributed by atoms with Gasteiger partial charge in [0.2, 0.25) is 5.75 Å². The number of nitrogens with zero attached hydrogens (tertiary/aromatic N) is 1. The highest BCUT2D eigenvalue weighted by atomic mass is 35.5. The summed E-state index contributed by atoms with van der Waals surface area (Å²) in [4.78, 5) is 23.9. The topological polar surface area (TPSA) is 98.2 Å². The van der Waals surface area contributed by atoms with Crippen molar-refractivity contribution in [3.63, 3.8) is 0 Å². The molecule has 0 aromatic heterocycles. The lowest BCUT2D eigenvalue weighted by Gasteiger charge is -2.12. The zero-order chi connectivity index (χ0) is 21.4. The average Bonchev–Trinajstić information content (AvgIpc) is 2.73. The van der Waals surface area contributed by atoms with Gasteiger partial charge in [0.05, 0.1) is 44.1 Å². The van der Waals surface area contributed by atoms with Crippen LogP contribution in [0.3, 0.4) is 0 Å². The number of carbonyl (C=O) groups is 2. The molecule has 8 nitrogen and oxygen atoms in total. The van der Waals surface area contributed by atoms with Crippen molar-refractivity contribution in [1.82, 2.24) is 10.7 Å². The van der Waals surface area contributed by atoms with Gasteiger partial charge in [-0.1, -0.05) is 23.2 Å². The molecule has 2 aromatic carbocycles. The number of hydrazone groups is 1. The molecule has 2 rings (SSSR count). The highest BCUT2D eigenvalue weighted by Crippen LogP contribution is 2.37. The maximum Gasteiger partial charge on any atom is 0.259 e. The van der Waals surface area contributed by atoms with E-state index in [1.54, 1.807) is 12.1 Å². The van der Waals surface area contributed by atoms with E-state index in [1.165, 1.54) is 45.7 Å². The second kappa shape index (κ2) is 10.5. The SMILES string of the molecule is COc1cc(/C=N/NC(=O)CNC(=O)c2ccc(Cl)c(Cl)c2)cc(OC)c1OC. The molecule has 0 spiro atoms. The molecule has 0 aliphatic carbocycles. The number of hydrogen-bond acceptors (Lipinski definition) is 6. The van der Waals surface area contributed by atoms with Crippen molar-refractivity contribution >= 4 is 41.2 Å². The third kappa shape index (κ3) is 6.00. The summed E-state index contributed by atoms with van der Waals surface area (Å²) in [5, 5.41) is 6.90. The summed E-state index contributed by atoms with van der Waals surface area (Å²) in [6, 6.07) is 7.76. The molecule has 0 aliphatic heterocycles. The van der Waals surface area contributed by atoms with Gasteiger partial charge in [-0.05, 0) is 30.3 Å². The average molecular weight is 440 g/mol. The summed E-state index contributed by atoms with van der Waals surface area (Å²) < 4.78 is 15.7. The predicted molar refractivity (Wildman–Crippen MR) is 111 cm³/mol. The Kier molecular flexibility index (Phi) is 8.11. The van der Waals surface area contributed by atoms with Crippen LogP contribution >= 0.6 is 23.2 Å². The van der Waals surface area contributed by atoms with Crippen molar-refractivity contribution in [2.75, 3.05) is 27.9 Å². The van der Waals surface area contributed by atoms with E-state index in [0.717, 1.165) is 0 Å². The molecule has 2 N–H and O–H groups in total. The van der Waals surface area contributed by atoms with Crippen molar-refractivity contribution in [1.29, 1.82) is 0 Å². The van der Waals surface area contributed by atoms with Crippen molar-refractivity contribution < 1.29 is 23.8 Å². The number of benzene rings is 2. The first kappa shape index (κ1) is 22.3. The van der Waals surface area contributed by atoms with Gasteiger partial charge in [-0.15, -0.1) is 0 Å². The third-order valence-corrected chi connectivity index (χ3v) is 4.42. The van der Waals surface area contributed by atoms with Crippen LogP contribution in [-0.4, -0.2) is 45.9 Å². The number of amides is 2. The van der Waals surface area contributed by atoms with Gasteiger partial charge in [-0.25, -0.2) is 5.43 Å². The third-order valence-electron chi connectivity index (χ3n) is 3.68. The highest BCUT2D eigenvalue weighted by molar-refractivity contribution is 6.42. The standard InChI is InChI=1S/C19H19Cl2N3O5/c1-27-15-6-11(7-16(28-2)18(15)29-3)9-23-24-17(25)10-22-19(26)12-4-5-13(20)14(21)8-12/h4-9H,10H2,1-3H3,(H,22,26)(H,24,25)/b23-9+. The summed E-state index contributed by atoms with van der Waals surface area (Å²) in [6.07, 6.45) is 1.41. The molecule has 154 valence electrons. The number of methoxy groups -OCH3 is 3. The minimum absolute atomic E-state index is 0.249. The van der Waals surface area contributed by atoms with E-state index >= 15 is 0 Å². The Morgan fingerprint density at radius 1 is 1.00 bits per heavy atom. The number of ether oxygens (including phenoxy) is 3. The fraction of sp³-hybridized carbons (Fsp3) is 0.211. The monoisotopic (exact) mass is 439 g/mol. The Morgan fingerprint density at radius 2 is 1.66 bits per heavy atom. The van der Waals surface area contributed by atoms with Gasteiger partial charge in [0.25, 0.3) is 11.8 Å². The normalized spacial score (nSPS) is 10.5. The van der Waals surface area contributed by atoms with Crippen molar-refractivity contribution in [2.45, 2.75) is 0 Å². The predicted octanol–water partition coefficient (Wildman–Crippen LogP) is 2.90. The first-order valence-electron chi connectivity index (χ1n) is 8.24. The van der Waals surface area contributed by atoms with Crippen LogP contribution in [0.25, 0.3) is 0 Å². The summed E-state index contributed by atoms with van der Waals surface area (Å²) in [5.41, 5.74) is 3.21. The van der Waals surface area contributed by atoms with Crippen molar-refractivity contribution in [3.8, 4) is 17.2 Å². The van der Waals surface area contributed by atoms with Crippen LogP contribution in [0, 0.1) is 0 Å². The number of halogens is 2. The molecule has 0 heterocycles.